The Hall–Kier alpha value is -2.57. The van der Waals surface area contributed by atoms with Crippen LogP contribution >= 0.6 is 0 Å². The van der Waals surface area contributed by atoms with E-state index in [9.17, 15) is 14.4 Å². The average molecular weight is 387 g/mol. The maximum Gasteiger partial charge on any atom is 0.409 e. The first-order valence-corrected chi connectivity index (χ1v) is 10.1. The van der Waals surface area contributed by atoms with Crippen LogP contribution in [-0.2, 0) is 20.7 Å². The molecule has 28 heavy (non-hydrogen) atoms. The number of amides is 3. The van der Waals surface area contributed by atoms with Crippen LogP contribution in [0.25, 0.3) is 0 Å². The summed E-state index contributed by atoms with van der Waals surface area (Å²) in [6.45, 7) is 4.71. The fourth-order valence-electron chi connectivity index (χ4n) is 3.60. The van der Waals surface area contributed by atoms with E-state index in [1.165, 1.54) is 5.56 Å². The van der Waals surface area contributed by atoms with Crippen LogP contribution in [0.1, 0.15) is 25.3 Å². The minimum absolute atomic E-state index is 0.0171. The molecule has 2 atom stereocenters. The van der Waals surface area contributed by atoms with E-state index in [0.29, 0.717) is 45.8 Å². The fourth-order valence-corrected chi connectivity index (χ4v) is 3.60. The minimum atomic E-state index is -0.325. The van der Waals surface area contributed by atoms with Gasteiger partial charge in [0.05, 0.1) is 18.4 Å². The predicted molar refractivity (Wildman–Crippen MR) is 105 cm³/mol. The van der Waals surface area contributed by atoms with Crippen molar-refractivity contribution in [1.29, 1.82) is 0 Å². The molecule has 1 aromatic rings. The van der Waals surface area contributed by atoms with E-state index >= 15 is 0 Å². The second kappa shape index (κ2) is 9.57. The zero-order valence-corrected chi connectivity index (χ0v) is 16.4. The number of hydrogen-bond acceptors (Lipinski definition) is 4. The van der Waals surface area contributed by atoms with Crippen molar-refractivity contribution < 1.29 is 19.1 Å². The molecule has 0 bridgehead atoms. The first kappa shape index (κ1) is 20.2. The third kappa shape index (κ3) is 5.24. The number of piperazine rings is 1. The summed E-state index contributed by atoms with van der Waals surface area (Å²) in [5, 5.41) is 2.96. The molecular weight excluding hydrogens is 358 g/mol. The van der Waals surface area contributed by atoms with E-state index in [1.54, 1.807) is 16.7 Å². The summed E-state index contributed by atoms with van der Waals surface area (Å²) in [6, 6.07) is 10.2. The number of carbonyl (C=O) groups excluding carboxylic acids is 3. The Balaban J connectivity index is 1.34. The van der Waals surface area contributed by atoms with Crippen molar-refractivity contribution in [2.75, 3.05) is 39.3 Å². The van der Waals surface area contributed by atoms with Gasteiger partial charge in [-0.25, -0.2) is 4.79 Å². The number of carbonyl (C=O) groups is 3. The molecule has 152 valence electrons. The van der Waals surface area contributed by atoms with Crippen LogP contribution in [0.15, 0.2) is 30.3 Å². The van der Waals surface area contributed by atoms with Gasteiger partial charge >= 0.3 is 6.09 Å². The van der Waals surface area contributed by atoms with Crippen LogP contribution in [0.5, 0.6) is 0 Å². The molecule has 1 aliphatic heterocycles. The van der Waals surface area contributed by atoms with Gasteiger partial charge in [0.15, 0.2) is 0 Å². The Morgan fingerprint density at radius 2 is 1.71 bits per heavy atom. The summed E-state index contributed by atoms with van der Waals surface area (Å²) in [5.74, 6) is -0.389. The number of nitrogens with one attached hydrogen (secondary N) is 1. The topological polar surface area (TPSA) is 79.0 Å². The van der Waals surface area contributed by atoms with Gasteiger partial charge in [0.1, 0.15) is 0 Å². The van der Waals surface area contributed by atoms with E-state index in [-0.39, 0.29) is 29.7 Å². The monoisotopic (exact) mass is 387 g/mol. The Morgan fingerprint density at radius 1 is 1.04 bits per heavy atom. The summed E-state index contributed by atoms with van der Waals surface area (Å²) >= 11 is 0. The molecule has 1 saturated carbocycles. The Labute approximate surface area is 166 Å². The van der Waals surface area contributed by atoms with Gasteiger partial charge in [0.25, 0.3) is 0 Å². The lowest BCUT2D eigenvalue weighted by Crippen LogP contribution is -2.51. The Bertz CT molecular complexity index is 686. The van der Waals surface area contributed by atoms with Crippen molar-refractivity contribution in [2.24, 2.45) is 11.8 Å². The minimum Gasteiger partial charge on any atom is -0.450 e. The van der Waals surface area contributed by atoms with Gasteiger partial charge < -0.3 is 19.9 Å². The third-order valence-electron chi connectivity index (χ3n) is 5.35. The molecule has 3 amide bonds. The van der Waals surface area contributed by atoms with Gasteiger partial charge in [-0.15, -0.1) is 0 Å². The normalized spacial score (nSPS) is 21.2. The quantitative estimate of drug-likeness (QED) is 0.722. The van der Waals surface area contributed by atoms with Crippen molar-refractivity contribution in [1.82, 2.24) is 15.1 Å². The molecule has 7 nitrogen and oxygen atoms in total. The molecule has 2 unspecified atom stereocenters. The maximum absolute atomic E-state index is 12.6. The molecule has 1 N–H and O–H groups in total. The van der Waals surface area contributed by atoms with Gasteiger partial charge in [0, 0.05) is 32.7 Å². The average Bonchev–Trinajstić information content (AvgIpc) is 3.53. The van der Waals surface area contributed by atoms with Crippen LogP contribution in [0.2, 0.25) is 0 Å². The number of ether oxygens (including phenoxy) is 1. The molecular formula is C21H29N3O4. The summed E-state index contributed by atoms with van der Waals surface area (Å²) in [7, 11) is 0. The summed E-state index contributed by atoms with van der Waals surface area (Å²) in [4.78, 5) is 40.0. The first-order valence-electron chi connectivity index (χ1n) is 10.1. The number of hydrogen-bond donors (Lipinski definition) is 1. The first-order chi connectivity index (χ1) is 13.6. The van der Waals surface area contributed by atoms with E-state index in [1.807, 2.05) is 18.2 Å². The van der Waals surface area contributed by atoms with Crippen LogP contribution in [0.4, 0.5) is 4.79 Å². The molecule has 1 saturated heterocycles. The number of nitrogens with zero attached hydrogens (tertiary/aromatic N) is 2. The molecule has 7 heteroatoms. The van der Waals surface area contributed by atoms with Crippen molar-refractivity contribution in [3.8, 4) is 0 Å². The second-order valence-electron chi connectivity index (χ2n) is 7.34. The van der Waals surface area contributed by atoms with E-state index in [4.69, 9.17) is 4.74 Å². The van der Waals surface area contributed by atoms with Crippen molar-refractivity contribution in [3.05, 3.63) is 35.9 Å². The lowest BCUT2D eigenvalue weighted by atomic mass is 10.1. The highest BCUT2D eigenvalue weighted by Crippen LogP contribution is 2.40. The fraction of sp³-hybridized carbons (Fsp3) is 0.571. The molecule has 1 heterocycles. The predicted octanol–water partition coefficient (Wildman–Crippen LogP) is 1.67. The highest BCUT2D eigenvalue weighted by molar-refractivity contribution is 5.92. The van der Waals surface area contributed by atoms with Gasteiger partial charge in [-0.05, 0) is 31.7 Å². The van der Waals surface area contributed by atoms with Gasteiger partial charge in [0.2, 0.25) is 11.8 Å². The van der Waals surface area contributed by atoms with Gasteiger partial charge in [-0.1, -0.05) is 30.3 Å². The molecule has 1 aromatic carbocycles. The number of rotatable bonds is 7. The second-order valence-corrected chi connectivity index (χ2v) is 7.34. The highest BCUT2D eigenvalue weighted by Gasteiger charge is 2.49. The Morgan fingerprint density at radius 3 is 2.39 bits per heavy atom. The standard InChI is InChI=1S/C21H29N3O4/c1-2-28-21(27)24-13-11-23(12-14-24)20(26)18-15-17(18)19(25)22-10-6-9-16-7-4-3-5-8-16/h3-5,7-8,17-18H,2,6,9-15H2,1H3,(H,22,25). The van der Waals surface area contributed by atoms with E-state index in [0.717, 1.165) is 12.8 Å². The molecule has 0 spiro atoms. The van der Waals surface area contributed by atoms with E-state index < -0.39 is 0 Å². The van der Waals surface area contributed by atoms with Gasteiger partial charge in [-0.3, -0.25) is 9.59 Å². The summed E-state index contributed by atoms with van der Waals surface area (Å²) < 4.78 is 4.99. The zero-order chi connectivity index (χ0) is 19.9. The number of aryl methyl sites for hydroxylation is 1. The van der Waals surface area contributed by atoms with Crippen molar-refractivity contribution in [3.63, 3.8) is 0 Å². The largest absolute Gasteiger partial charge is 0.450 e. The molecule has 1 aliphatic carbocycles. The molecule has 2 aliphatic rings. The zero-order valence-electron chi connectivity index (χ0n) is 16.4. The summed E-state index contributed by atoms with van der Waals surface area (Å²) in [6.07, 6.45) is 2.12. The maximum atomic E-state index is 12.6. The molecule has 2 fully saturated rings. The lowest BCUT2D eigenvalue weighted by Gasteiger charge is -2.34. The highest BCUT2D eigenvalue weighted by atomic mass is 16.6. The smallest absolute Gasteiger partial charge is 0.409 e. The van der Waals surface area contributed by atoms with Crippen molar-refractivity contribution in [2.45, 2.75) is 26.2 Å². The summed E-state index contributed by atoms with van der Waals surface area (Å²) in [5.41, 5.74) is 1.26. The molecule has 0 aromatic heterocycles. The third-order valence-corrected chi connectivity index (χ3v) is 5.35. The van der Waals surface area contributed by atoms with Gasteiger partial charge in [-0.2, -0.15) is 0 Å². The molecule has 0 radical (unpaired) electrons. The van der Waals surface area contributed by atoms with Crippen LogP contribution in [-0.4, -0.2) is 67.0 Å². The van der Waals surface area contributed by atoms with Crippen LogP contribution in [0, 0.1) is 11.8 Å². The van der Waals surface area contributed by atoms with Crippen molar-refractivity contribution >= 4 is 17.9 Å². The lowest BCUT2D eigenvalue weighted by molar-refractivity contribution is -0.136. The number of benzene rings is 1. The SMILES string of the molecule is CCOC(=O)N1CCN(C(=O)C2CC2C(=O)NCCCc2ccccc2)CC1. The Kier molecular flexibility index (Phi) is 6.90. The molecule has 3 rings (SSSR count). The van der Waals surface area contributed by atoms with Crippen LogP contribution in [0.3, 0.4) is 0 Å². The van der Waals surface area contributed by atoms with E-state index in [2.05, 4.69) is 17.4 Å². The van der Waals surface area contributed by atoms with Crippen LogP contribution < -0.4 is 5.32 Å².